The van der Waals surface area contributed by atoms with Crippen LogP contribution >= 0.6 is 15.9 Å². The number of aromatic nitrogens is 3. The Kier molecular flexibility index (Phi) is 3.75. The largest absolute Gasteiger partial charge is 0.310 e. The molecule has 0 spiro atoms. The maximum atomic E-state index is 13.8. The molecule has 0 atom stereocenters. The Balaban J connectivity index is 2.62. The van der Waals surface area contributed by atoms with E-state index in [1.165, 1.54) is 6.07 Å². The van der Waals surface area contributed by atoms with E-state index in [2.05, 4.69) is 26.1 Å². The number of aryl methyl sites for hydroxylation is 1. The van der Waals surface area contributed by atoms with Gasteiger partial charge in [0.1, 0.15) is 17.5 Å². The Bertz CT molecular complexity index is 581. The highest BCUT2D eigenvalue weighted by molar-refractivity contribution is 9.08. The molecule has 1 aromatic carbocycles. The fourth-order valence-electron chi connectivity index (χ4n) is 1.79. The number of nitrogens with zero attached hydrogens (tertiary/aromatic N) is 3. The van der Waals surface area contributed by atoms with Gasteiger partial charge in [-0.05, 0) is 25.5 Å². The van der Waals surface area contributed by atoms with Crippen molar-refractivity contribution in [3.05, 3.63) is 35.2 Å². The lowest BCUT2D eigenvalue weighted by molar-refractivity contribution is 0.577. The molecule has 3 nitrogen and oxygen atoms in total. The fraction of sp³-hybridized carbons (Fsp3) is 0.333. The number of hydrogen-bond donors (Lipinski definition) is 0. The van der Waals surface area contributed by atoms with Gasteiger partial charge in [-0.2, -0.15) is 0 Å². The predicted molar refractivity (Wildman–Crippen MR) is 68.4 cm³/mol. The van der Waals surface area contributed by atoms with Crippen LogP contribution in [0.2, 0.25) is 0 Å². The zero-order valence-electron chi connectivity index (χ0n) is 10.0. The van der Waals surface area contributed by atoms with Crippen molar-refractivity contribution < 1.29 is 8.78 Å². The van der Waals surface area contributed by atoms with Crippen LogP contribution in [0.5, 0.6) is 0 Å². The van der Waals surface area contributed by atoms with Crippen LogP contribution in [0, 0.1) is 18.6 Å². The van der Waals surface area contributed by atoms with Crippen LogP contribution in [0.4, 0.5) is 8.78 Å². The molecule has 1 heterocycles. The van der Waals surface area contributed by atoms with Crippen molar-refractivity contribution in [2.75, 3.05) is 0 Å². The smallest absolute Gasteiger partial charge is 0.166 e. The molecular formula is C12H12BrF2N3. The highest BCUT2D eigenvalue weighted by Crippen LogP contribution is 2.25. The van der Waals surface area contributed by atoms with Gasteiger partial charge in [-0.1, -0.05) is 15.9 Å². The standard InChI is InChI=1S/C12H12BrF2N3/c1-3-18-11(6-13)16-17-12(18)8-4-7(2)9(14)5-10(8)15/h4-5H,3,6H2,1-2H3. The monoisotopic (exact) mass is 315 g/mol. The first-order valence-electron chi connectivity index (χ1n) is 5.52. The lowest BCUT2D eigenvalue weighted by Crippen LogP contribution is -2.03. The molecule has 1 aromatic heterocycles. The van der Waals surface area contributed by atoms with E-state index >= 15 is 0 Å². The summed E-state index contributed by atoms with van der Waals surface area (Å²) in [6, 6.07) is 2.34. The van der Waals surface area contributed by atoms with E-state index in [4.69, 9.17) is 0 Å². The molecule has 0 unspecified atom stereocenters. The molecule has 0 N–H and O–H groups in total. The topological polar surface area (TPSA) is 30.7 Å². The second-order valence-electron chi connectivity index (χ2n) is 3.90. The molecule has 0 aliphatic carbocycles. The highest BCUT2D eigenvalue weighted by atomic mass is 79.9. The molecule has 0 aliphatic heterocycles. The lowest BCUT2D eigenvalue weighted by atomic mass is 10.1. The lowest BCUT2D eigenvalue weighted by Gasteiger charge is -2.08. The normalized spacial score (nSPS) is 10.9. The van der Waals surface area contributed by atoms with Gasteiger partial charge in [0.2, 0.25) is 0 Å². The molecule has 2 rings (SSSR count). The SMILES string of the molecule is CCn1c(CBr)nnc1-c1cc(C)c(F)cc1F. The first kappa shape index (κ1) is 13.1. The summed E-state index contributed by atoms with van der Waals surface area (Å²) in [7, 11) is 0. The zero-order valence-corrected chi connectivity index (χ0v) is 11.6. The highest BCUT2D eigenvalue weighted by Gasteiger charge is 2.17. The fourth-order valence-corrected chi connectivity index (χ4v) is 2.21. The molecule has 0 radical (unpaired) electrons. The van der Waals surface area contributed by atoms with Crippen LogP contribution in [0.15, 0.2) is 12.1 Å². The zero-order chi connectivity index (χ0) is 13.3. The summed E-state index contributed by atoms with van der Waals surface area (Å²) >= 11 is 3.30. The van der Waals surface area contributed by atoms with E-state index in [9.17, 15) is 8.78 Å². The molecule has 0 aliphatic rings. The van der Waals surface area contributed by atoms with Gasteiger partial charge in [0.25, 0.3) is 0 Å². The molecule has 6 heteroatoms. The molecule has 0 saturated carbocycles. The second kappa shape index (κ2) is 5.14. The van der Waals surface area contributed by atoms with E-state index in [1.807, 2.05) is 6.92 Å². The molecular weight excluding hydrogens is 304 g/mol. The third-order valence-corrected chi connectivity index (χ3v) is 3.25. The maximum Gasteiger partial charge on any atom is 0.166 e. The molecule has 96 valence electrons. The third kappa shape index (κ3) is 2.16. The Labute approximate surface area is 112 Å². The molecule has 18 heavy (non-hydrogen) atoms. The van der Waals surface area contributed by atoms with Crippen LogP contribution in [0.25, 0.3) is 11.4 Å². The minimum Gasteiger partial charge on any atom is -0.310 e. The summed E-state index contributed by atoms with van der Waals surface area (Å²) in [5.74, 6) is -0.0396. The molecule has 0 fully saturated rings. The third-order valence-electron chi connectivity index (χ3n) is 2.75. The number of benzene rings is 1. The van der Waals surface area contributed by atoms with Gasteiger partial charge in [-0.15, -0.1) is 10.2 Å². The van der Waals surface area contributed by atoms with Gasteiger partial charge in [0.05, 0.1) is 10.9 Å². The number of rotatable bonds is 3. The Morgan fingerprint density at radius 1 is 1.22 bits per heavy atom. The minimum atomic E-state index is -0.624. The first-order valence-corrected chi connectivity index (χ1v) is 6.64. The Morgan fingerprint density at radius 3 is 2.56 bits per heavy atom. The summed E-state index contributed by atoms with van der Waals surface area (Å²) in [6.45, 7) is 4.14. The maximum absolute atomic E-state index is 13.8. The summed E-state index contributed by atoms with van der Waals surface area (Å²) in [4.78, 5) is 0. The Hall–Kier alpha value is -1.30. The van der Waals surface area contributed by atoms with Crippen molar-refractivity contribution in [3.8, 4) is 11.4 Å². The van der Waals surface area contributed by atoms with Crippen LogP contribution in [-0.4, -0.2) is 14.8 Å². The van der Waals surface area contributed by atoms with Crippen molar-refractivity contribution in [2.24, 2.45) is 0 Å². The van der Waals surface area contributed by atoms with E-state index in [0.29, 0.717) is 29.1 Å². The summed E-state index contributed by atoms with van der Waals surface area (Å²) < 4.78 is 28.8. The van der Waals surface area contributed by atoms with Gasteiger partial charge in [-0.3, -0.25) is 0 Å². The van der Waals surface area contributed by atoms with Crippen LogP contribution < -0.4 is 0 Å². The van der Waals surface area contributed by atoms with Crippen molar-refractivity contribution >= 4 is 15.9 Å². The summed E-state index contributed by atoms with van der Waals surface area (Å²) in [5.41, 5.74) is 0.660. The second-order valence-corrected chi connectivity index (χ2v) is 4.46. The number of alkyl halides is 1. The molecule has 2 aromatic rings. The average molecular weight is 316 g/mol. The number of hydrogen-bond acceptors (Lipinski definition) is 2. The molecule has 0 amide bonds. The average Bonchev–Trinajstić information content (AvgIpc) is 2.76. The molecule has 0 saturated heterocycles. The van der Waals surface area contributed by atoms with Crippen molar-refractivity contribution in [1.82, 2.24) is 14.8 Å². The summed E-state index contributed by atoms with van der Waals surface area (Å²) in [5, 5.41) is 8.50. The van der Waals surface area contributed by atoms with Crippen molar-refractivity contribution in [1.29, 1.82) is 0 Å². The molecule has 0 bridgehead atoms. The van der Waals surface area contributed by atoms with Crippen LogP contribution in [0.3, 0.4) is 0 Å². The van der Waals surface area contributed by atoms with Gasteiger partial charge in [-0.25, -0.2) is 8.78 Å². The van der Waals surface area contributed by atoms with Gasteiger partial charge in [0, 0.05) is 12.6 Å². The van der Waals surface area contributed by atoms with Gasteiger partial charge >= 0.3 is 0 Å². The van der Waals surface area contributed by atoms with E-state index in [1.54, 1.807) is 11.5 Å². The van der Waals surface area contributed by atoms with Crippen LogP contribution in [-0.2, 0) is 11.9 Å². The van der Waals surface area contributed by atoms with Crippen molar-refractivity contribution in [2.45, 2.75) is 25.7 Å². The predicted octanol–water partition coefficient (Wildman–Crippen LogP) is 3.45. The first-order chi connectivity index (χ1) is 8.58. The van der Waals surface area contributed by atoms with Crippen LogP contribution in [0.1, 0.15) is 18.3 Å². The van der Waals surface area contributed by atoms with Gasteiger partial charge in [0.15, 0.2) is 5.82 Å². The van der Waals surface area contributed by atoms with Crippen molar-refractivity contribution in [3.63, 3.8) is 0 Å². The van der Waals surface area contributed by atoms with Gasteiger partial charge < -0.3 is 4.57 Å². The van der Waals surface area contributed by atoms with E-state index in [-0.39, 0.29) is 5.56 Å². The summed E-state index contributed by atoms with van der Waals surface area (Å²) in [6.07, 6.45) is 0. The van der Waals surface area contributed by atoms with E-state index < -0.39 is 11.6 Å². The number of halogens is 3. The quantitative estimate of drug-likeness (QED) is 0.812. The minimum absolute atomic E-state index is 0.274. The Morgan fingerprint density at radius 2 is 1.94 bits per heavy atom. The van der Waals surface area contributed by atoms with E-state index in [0.717, 1.165) is 6.07 Å².